The maximum absolute atomic E-state index is 13.2. The fourth-order valence-corrected chi connectivity index (χ4v) is 3.54. The molecule has 1 unspecified atom stereocenters. The van der Waals surface area contributed by atoms with E-state index < -0.39 is 17.8 Å². The zero-order valence-electron chi connectivity index (χ0n) is 16.7. The lowest BCUT2D eigenvalue weighted by atomic mass is 10.0. The van der Waals surface area contributed by atoms with Crippen LogP contribution in [0, 0.1) is 11.7 Å². The number of carbonyl (C=O) groups is 3. The van der Waals surface area contributed by atoms with Gasteiger partial charge in [0.15, 0.2) is 5.76 Å². The summed E-state index contributed by atoms with van der Waals surface area (Å²) in [7, 11) is 0. The predicted molar refractivity (Wildman–Crippen MR) is 109 cm³/mol. The van der Waals surface area contributed by atoms with E-state index in [0.29, 0.717) is 26.2 Å². The van der Waals surface area contributed by atoms with Gasteiger partial charge in [-0.05, 0) is 36.2 Å². The topological polar surface area (TPSA) is 82.9 Å². The molecule has 1 aromatic heterocycles. The molecule has 30 heavy (non-hydrogen) atoms. The summed E-state index contributed by atoms with van der Waals surface area (Å²) in [5, 5.41) is 2.79. The largest absolute Gasteiger partial charge is 0.459 e. The zero-order chi connectivity index (χ0) is 21.8. The van der Waals surface area contributed by atoms with Crippen LogP contribution in [0.1, 0.15) is 34.8 Å². The minimum Gasteiger partial charge on any atom is -0.459 e. The average Bonchev–Trinajstić information content (AvgIpc) is 3.26. The smallest absolute Gasteiger partial charge is 0.287 e. The van der Waals surface area contributed by atoms with Gasteiger partial charge in [0, 0.05) is 26.2 Å². The first-order valence-corrected chi connectivity index (χ1v) is 10.0. The quantitative estimate of drug-likeness (QED) is 0.782. The number of halogens is 2. The highest BCUT2D eigenvalue weighted by molar-refractivity contribution is 6.33. The van der Waals surface area contributed by atoms with Gasteiger partial charge in [-0.15, -0.1) is 0 Å². The number of hydrogen-bond donors (Lipinski definition) is 1. The number of carbonyl (C=O) groups excluding carboxylic acids is 3. The number of nitrogens with one attached hydrogen (secondary N) is 1. The summed E-state index contributed by atoms with van der Waals surface area (Å²) in [6, 6.07) is 6.07. The van der Waals surface area contributed by atoms with Crippen LogP contribution >= 0.6 is 11.6 Å². The third-order valence-electron chi connectivity index (χ3n) is 5.00. The van der Waals surface area contributed by atoms with Crippen molar-refractivity contribution in [1.82, 2.24) is 15.1 Å². The molecule has 1 atom stereocenters. The Morgan fingerprint density at radius 2 is 1.77 bits per heavy atom. The molecule has 0 radical (unpaired) electrons. The highest BCUT2D eigenvalue weighted by Crippen LogP contribution is 2.20. The van der Waals surface area contributed by atoms with Crippen LogP contribution in [0.2, 0.25) is 5.02 Å². The summed E-state index contributed by atoms with van der Waals surface area (Å²) in [4.78, 5) is 41.2. The molecular weight excluding hydrogens is 413 g/mol. The number of hydrogen-bond acceptors (Lipinski definition) is 4. The van der Waals surface area contributed by atoms with E-state index in [4.69, 9.17) is 16.0 Å². The predicted octanol–water partition coefficient (Wildman–Crippen LogP) is 2.81. The van der Waals surface area contributed by atoms with E-state index in [0.717, 1.165) is 6.07 Å². The Bertz CT molecular complexity index is 924. The van der Waals surface area contributed by atoms with Gasteiger partial charge in [0.25, 0.3) is 11.8 Å². The summed E-state index contributed by atoms with van der Waals surface area (Å²) in [6.45, 7) is 4.97. The first kappa shape index (κ1) is 21.8. The second-order valence-corrected chi connectivity index (χ2v) is 7.82. The number of nitrogens with zero attached hydrogens (tertiary/aromatic N) is 2. The summed E-state index contributed by atoms with van der Waals surface area (Å²) in [5.41, 5.74) is 0.226. The van der Waals surface area contributed by atoms with Crippen molar-refractivity contribution >= 4 is 29.3 Å². The van der Waals surface area contributed by atoms with Gasteiger partial charge in [0.05, 0.1) is 16.8 Å². The van der Waals surface area contributed by atoms with E-state index in [9.17, 15) is 18.8 Å². The minimum atomic E-state index is -0.712. The number of piperazine rings is 1. The van der Waals surface area contributed by atoms with Crippen molar-refractivity contribution < 1.29 is 23.2 Å². The number of furan rings is 1. The highest BCUT2D eigenvalue weighted by atomic mass is 35.5. The van der Waals surface area contributed by atoms with Crippen LogP contribution in [0.25, 0.3) is 0 Å². The monoisotopic (exact) mass is 435 g/mol. The van der Waals surface area contributed by atoms with E-state index >= 15 is 0 Å². The lowest BCUT2D eigenvalue weighted by Gasteiger charge is -2.37. The molecule has 1 saturated heterocycles. The molecule has 0 aliphatic carbocycles. The van der Waals surface area contributed by atoms with Crippen LogP contribution in [0.3, 0.4) is 0 Å². The van der Waals surface area contributed by atoms with Crippen molar-refractivity contribution in [1.29, 1.82) is 0 Å². The van der Waals surface area contributed by atoms with Gasteiger partial charge in [-0.25, -0.2) is 4.39 Å². The first-order chi connectivity index (χ1) is 14.3. The van der Waals surface area contributed by atoms with Crippen LogP contribution in [-0.4, -0.2) is 59.7 Å². The maximum Gasteiger partial charge on any atom is 0.287 e. The third kappa shape index (κ3) is 4.81. The molecule has 1 aromatic carbocycles. The molecule has 3 amide bonds. The summed E-state index contributed by atoms with van der Waals surface area (Å²) >= 11 is 5.99. The van der Waals surface area contributed by atoms with Crippen molar-refractivity contribution in [2.24, 2.45) is 5.92 Å². The molecule has 9 heteroatoms. The van der Waals surface area contributed by atoms with E-state index in [1.807, 2.05) is 13.8 Å². The molecule has 2 aromatic rings. The average molecular weight is 436 g/mol. The molecule has 2 heterocycles. The van der Waals surface area contributed by atoms with Crippen molar-refractivity contribution in [2.75, 3.05) is 26.2 Å². The van der Waals surface area contributed by atoms with Gasteiger partial charge in [0.1, 0.15) is 11.9 Å². The normalized spacial score (nSPS) is 15.2. The van der Waals surface area contributed by atoms with Crippen molar-refractivity contribution in [3.8, 4) is 0 Å². The van der Waals surface area contributed by atoms with Crippen molar-refractivity contribution in [3.63, 3.8) is 0 Å². The Kier molecular flexibility index (Phi) is 6.77. The molecule has 1 N–H and O–H groups in total. The Morgan fingerprint density at radius 3 is 2.33 bits per heavy atom. The van der Waals surface area contributed by atoms with E-state index in [2.05, 4.69) is 5.32 Å². The number of benzene rings is 1. The van der Waals surface area contributed by atoms with Crippen LogP contribution in [0.5, 0.6) is 0 Å². The van der Waals surface area contributed by atoms with Gasteiger partial charge >= 0.3 is 0 Å². The van der Waals surface area contributed by atoms with Gasteiger partial charge < -0.3 is 19.5 Å². The molecule has 0 spiro atoms. The second-order valence-electron chi connectivity index (χ2n) is 7.41. The second kappa shape index (κ2) is 9.30. The first-order valence-electron chi connectivity index (χ1n) is 9.65. The summed E-state index contributed by atoms with van der Waals surface area (Å²) < 4.78 is 18.3. The fraction of sp³-hybridized carbons (Fsp3) is 0.381. The summed E-state index contributed by atoms with van der Waals surface area (Å²) in [5.74, 6) is -1.47. The van der Waals surface area contributed by atoms with Crippen molar-refractivity contribution in [2.45, 2.75) is 19.9 Å². The minimum absolute atomic E-state index is 0.0546. The Balaban J connectivity index is 1.61. The third-order valence-corrected chi connectivity index (χ3v) is 5.32. The lowest BCUT2D eigenvalue weighted by Crippen LogP contribution is -2.57. The zero-order valence-corrected chi connectivity index (χ0v) is 17.5. The van der Waals surface area contributed by atoms with E-state index in [1.54, 1.807) is 15.9 Å². The van der Waals surface area contributed by atoms with Crippen LogP contribution in [0.15, 0.2) is 41.0 Å². The molecule has 1 aliphatic heterocycles. The van der Waals surface area contributed by atoms with E-state index in [-0.39, 0.29) is 34.1 Å². The van der Waals surface area contributed by atoms with Crippen molar-refractivity contribution in [3.05, 3.63) is 58.8 Å². The Labute approximate surface area is 178 Å². The molecule has 7 nitrogen and oxygen atoms in total. The van der Waals surface area contributed by atoms with E-state index in [1.165, 1.54) is 24.5 Å². The van der Waals surface area contributed by atoms with Crippen LogP contribution < -0.4 is 5.32 Å². The Morgan fingerprint density at radius 1 is 1.10 bits per heavy atom. The standard InChI is InChI=1S/C21H23ClFN3O4/c1-13(2)18(24-19(27)17-4-3-11-30-17)21(29)26-9-7-25(8-10-26)20(28)15-6-5-14(23)12-16(15)22/h3-6,11-13,18H,7-10H2,1-2H3,(H,24,27). The fourth-order valence-electron chi connectivity index (χ4n) is 3.29. The molecule has 1 fully saturated rings. The molecule has 0 saturated carbocycles. The summed E-state index contributed by atoms with van der Waals surface area (Å²) in [6.07, 6.45) is 1.39. The van der Waals surface area contributed by atoms with Gasteiger partial charge in [-0.3, -0.25) is 14.4 Å². The maximum atomic E-state index is 13.2. The lowest BCUT2D eigenvalue weighted by molar-refractivity contribution is -0.135. The van der Waals surface area contributed by atoms with Gasteiger partial charge in [-0.2, -0.15) is 0 Å². The Hall–Kier alpha value is -2.87. The SMILES string of the molecule is CC(C)C(NC(=O)c1ccco1)C(=O)N1CCN(C(=O)c2ccc(F)cc2Cl)CC1. The highest BCUT2D eigenvalue weighted by Gasteiger charge is 2.32. The molecule has 0 bridgehead atoms. The van der Waals surface area contributed by atoms with Gasteiger partial charge in [-0.1, -0.05) is 25.4 Å². The number of amides is 3. The molecule has 1 aliphatic rings. The molecular formula is C21H23ClFN3O4. The molecule has 160 valence electrons. The van der Waals surface area contributed by atoms with Gasteiger partial charge in [0.2, 0.25) is 5.91 Å². The van der Waals surface area contributed by atoms with Crippen LogP contribution in [0.4, 0.5) is 4.39 Å². The number of rotatable bonds is 5. The van der Waals surface area contributed by atoms with Crippen LogP contribution in [-0.2, 0) is 4.79 Å². The molecule has 3 rings (SSSR count).